The summed E-state index contributed by atoms with van der Waals surface area (Å²) in [5.74, 6) is 0. The molecule has 0 N–H and O–H groups in total. The Morgan fingerprint density at radius 3 is 1.68 bits per heavy atom. The van der Waals surface area contributed by atoms with Crippen molar-refractivity contribution in [3.8, 4) is 22.4 Å². The fraction of sp³-hybridized carbons (Fsp3) is 0. The van der Waals surface area contributed by atoms with Crippen LogP contribution in [0, 0.1) is 0 Å². The fourth-order valence-corrected chi connectivity index (χ4v) is 10.2. The van der Waals surface area contributed by atoms with Crippen molar-refractivity contribution >= 4 is 107 Å². The maximum absolute atomic E-state index is 5.55. The Labute approximate surface area is 308 Å². The van der Waals surface area contributed by atoms with Crippen LogP contribution in [0.1, 0.15) is 0 Å². The predicted molar refractivity (Wildman–Crippen MR) is 228 cm³/mol. The van der Waals surface area contributed by atoms with E-state index in [9.17, 15) is 0 Å². The van der Waals surface area contributed by atoms with E-state index in [1.165, 1.54) is 80.0 Å². The zero-order valence-corrected chi connectivity index (χ0v) is 29.3. The molecule has 0 aliphatic heterocycles. The lowest BCUT2D eigenvalue weighted by Gasteiger charge is -2.20. The molecule has 0 amide bonds. The summed E-state index contributed by atoms with van der Waals surface area (Å²) in [4.78, 5) is 10.8. The summed E-state index contributed by atoms with van der Waals surface area (Å²) in [6, 6.07) is 61.8. The van der Waals surface area contributed by atoms with E-state index < -0.39 is 0 Å². The molecule has 53 heavy (non-hydrogen) atoms. The van der Waals surface area contributed by atoms with Crippen LogP contribution in [-0.2, 0) is 0 Å². The zero-order valence-electron chi connectivity index (χ0n) is 28.5. The van der Waals surface area contributed by atoms with Crippen LogP contribution in [0.3, 0.4) is 0 Å². The van der Waals surface area contributed by atoms with Crippen LogP contribution in [0.2, 0.25) is 0 Å². The first-order valence-corrected chi connectivity index (χ1v) is 18.9. The van der Waals surface area contributed by atoms with Gasteiger partial charge in [-0.3, -0.25) is 0 Å². The van der Waals surface area contributed by atoms with Crippen molar-refractivity contribution in [2.45, 2.75) is 0 Å². The van der Waals surface area contributed by atoms with Crippen molar-refractivity contribution < 1.29 is 0 Å². The summed E-state index contributed by atoms with van der Waals surface area (Å²) in [7, 11) is 0. The minimum Gasteiger partial charge on any atom is -0.247 e. The van der Waals surface area contributed by atoms with Gasteiger partial charge < -0.3 is 0 Å². The molecule has 3 aromatic heterocycles. The zero-order chi connectivity index (χ0) is 34.6. The Bertz CT molecular complexity index is 3470. The van der Waals surface area contributed by atoms with Crippen molar-refractivity contribution in [1.29, 1.82) is 0 Å². The molecular weight excluding hydrogens is 661 g/mol. The summed E-state index contributed by atoms with van der Waals surface area (Å²) in [6.45, 7) is 0. The van der Waals surface area contributed by atoms with Gasteiger partial charge in [-0.05, 0) is 68.4 Å². The molecule has 0 bridgehead atoms. The molecule has 244 valence electrons. The van der Waals surface area contributed by atoms with Gasteiger partial charge in [-0.1, -0.05) is 140 Å². The van der Waals surface area contributed by atoms with Crippen LogP contribution in [0.15, 0.2) is 170 Å². The summed E-state index contributed by atoms with van der Waals surface area (Å²) < 4.78 is 2.63. The first kappa shape index (κ1) is 29.0. The highest BCUT2D eigenvalue weighted by Crippen LogP contribution is 2.49. The summed E-state index contributed by atoms with van der Waals surface area (Å²) in [6.07, 6.45) is 0. The molecule has 0 fully saturated rings. The summed E-state index contributed by atoms with van der Waals surface area (Å²) in [5.41, 5.74) is 7.71. The third-order valence-electron chi connectivity index (χ3n) is 11.2. The topological polar surface area (TPSA) is 25.8 Å². The molecule has 0 aliphatic rings. The molecule has 12 aromatic rings. The van der Waals surface area contributed by atoms with Gasteiger partial charge in [0.1, 0.15) is 0 Å². The number of thiophene rings is 1. The first-order chi connectivity index (χ1) is 26.3. The lowest BCUT2D eigenvalue weighted by Crippen LogP contribution is -1.95. The maximum atomic E-state index is 5.55. The Morgan fingerprint density at radius 2 is 0.925 bits per heavy atom. The van der Waals surface area contributed by atoms with Crippen LogP contribution in [-0.4, -0.2) is 9.97 Å². The highest BCUT2D eigenvalue weighted by Gasteiger charge is 2.23. The highest BCUT2D eigenvalue weighted by atomic mass is 32.1. The molecule has 12 rings (SSSR count). The van der Waals surface area contributed by atoms with Crippen LogP contribution in [0.5, 0.6) is 0 Å². The third kappa shape index (κ3) is 4.08. The quantitative estimate of drug-likeness (QED) is 0.133. The van der Waals surface area contributed by atoms with E-state index >= 15 is 0 Å². The van der Waals surface area contributed by atoms with E-state index in [1.807, 2.05) is 11.3 Å². The monoisotopic (exact) mass is 688 g/mol. The number of aromatic nitrogens is 2. The minimum atomic E-state index is 1.01. The van der Waals surface area contributed by atoms with E-state index in [4.69, 9.17) is 9.97 Å². The van der Waals surface area contributed by atoms with Crippen molar-refractivity contribution in [2.24, 2.45) is 0 Å². The molecule has 0 spiro atoms. The van der Waals surface area contributed by atoms with Gasteiger partial charge in [-0.2, -0.15) is 0 Å². The SMILES string of the molecule is c1ccc2nc3c(cc(-c4c5ccccc5c(-c5nc6ccccc6c6c5ccc5c7ccccc7sc56)c5ccccc45)c4ccccc43)cc2c1. The van der Waals surface area contributed by atoms with Gasteiger partial charge in [0.2, 0.25) is 0 Å². The van der Waals surface area contributed by atoms with E-state index in [1.54, 1.807) is 0 Å². The average Bonchev–Trinajstić information content (AvgIpc) is 3.60. The van der Waals surface area contributed by atoms with Crippen molar-refractivity contribution in [1.82, 2.24) is 9.97 Å². The second-order valence-corrected chi connectivity index (χ2v) is 15.1. The summed E-state index contributed by atoms with van der Waals surface area (Å²) >= 11 is 1.89. The van der Waals surface area contributed by atoms with Crippen LogP contribution >= 0.6 is 11.3 Å². The Morgan fingerprint density at radius 1 is 0.358 bits per heavy atom. The normalized spacial score (nSPS) is 12.2. The second kappa shape index (κ2) is 10.9. The van der Waals surface area contributed by atoms with Crippen LogP contribution in [0.25, 0.3) is 118 Å². The van der Waals surface area contributed by atoms with Crippen molar-refractivity contribution in [3.05, 3.63) is 170 Å². The Hall–Kier alpha value is -6.68. The van der Waals surface area contributed by atoms with E-state index in [2.05, 4.69) is 170 Å². The fourth-order valence-electron chi connectivity index (χ4n) is 8.90. The molecule has 2 nitrogen and oxygen atoms in total. The molecular formula is C50H28N2S. The van der Waals surface area contributed by atoms with Crippen LogP contribution in [0.4, 0.5) is 0 Å². The lowest BCUT2D eigenvalue weighted by molar-refractivity contribution is 1.45. The Balaban J connectivity index is 1.25. The predicted octanol–water partition coefficient (Wildman–Crippen LogP) is 14.3. The van der Waals surface area contributed by atoms with Crippen molar-refractivity contribution in [2.75, 3.05) is 0 Å². The van der Waals surface area contributed by atoms with Gasteiger partial charge in [-0.15, -0.1) is 11.3 Å². The van der Waals surface area contributed by atoms with E-state index in [-0.39, 0.29) is 0 Å². The van der Waals surface area contributed by atoms with Gasteiger partial charge in [0, 0.05) is 58.1 Å². The minimum absolute atomic E-state index is 1.01. The van der Waals surface area contributed by atoms with E-state index in [0.29, 0.717) is 0 Å². The first-order valence-electron chi connectivity index (χ1n) is 18.1. The third-order valence-corrected chi connectivity index (χ3v) is 12.4. The highest BCUT2D eigenvalue weighted by molar-refractivity contribution is 7.26. The molecule has 0 saturated carbocycles. The number of pyridine rings is 2. The number of hydrogen-bond donors (Lipinski definition) is 0. The smallest absolute Gasteiger partial charge is 0.0801 e. The van der Waals surface area contributed by atoms with Crippen LogP contribution < -0.4 is 0 Å². The molecule has 3 heterocycles. The number of hydrogen-bond acceptors (Lipinski definition) is 3. The van der Waals surface area contributed by atoms with Gasteiger partial charge >= 0.3 is 0 Å². The molecule has 0 saturated heterocycles. The molecule has 0 radical (unpaired) electrons. The standard InChI is InChI=1S/C50H28N2S/c1-10-22-42-29(13-1)27-30-28-41(31-14-2-7-20-37(31)48(30)51-42)45-33-16-3-5-18-35(33)46(36-19-6-4-17-34(36)45)49-40-26-25-38-32-15-9-12-24-44(32)53-50(38)47(40)39-21-8-11-23-43(39)52-49/h1-28H. The molecule has 9 aromatic carbocycles. The molecule has 0 unspecified atom stereocenters. The summed E-state index contributed by atoms with van der Waals surface area (Å²) in [5, 5.41) is 15.7. The number of rotatable bonds is 2. The Kier molecular flexibility index (Phi) is 5.96. The van der Waals surface area contributed by atoms with Gasteiger partial charge in [0.25, 0.3) is 0 Å². The van der Waals surface area contributed by atoms with Crippen molar-refractivity contribution in [3.63, 3.8) is 0 Å². The van der Waals surface area contributed by atoms with E-state index in [0.717, 1.165) is 38.4 Å². The van der Waals surface area contributed by atoms with Gasteiger partial charge in [0.15, 0.2) is 0 Å². The maximum Gasteiger partial charge on any atom is 0.0801 e. The number of fused-ring (bicyclic) bond motifs is 13. The number of nitrogens with zero attached hydrogens (tertiary/aromatic N) is 2. The molecule has 3 heteroatoms. The largest absolute Gasteiger partial charge is 0.247 e. The molecule has 0 atom stereocenters. The average molecular weight is 689 g/mol. The number of para-hydroxylation sites is 2. The van der Waals surface area contributed by atoms with Gasteiger partial charge in [-0.25, -0.2) is 9.97 Å². The number of benzene rings is 9. The lowest BCUT2D eigenvalue weighted by atomic mass is 9.84. The van der Waals surface area contributed by atoms with Gasteiger partial charge in [0.05, 0.1) is 22.2 Å². The molecule has 0 aliphatic carbocycles. The second-order valence-electron chi connectivity index (χ2n) is 14.0.